The molecule has 0 radical (unpaired) electrons. The number of methoxy groups -OCH3 is 2. The topological polar surface area (TPSA) is 95.5 Å². The van der Waals surface area contributed by atoms with Gasteiger partial charge < -0.3 is 24.4 Å². The van der Waals surface area contributed by atoms with Crippen molar-refractivity contribution in [2.45, 2.75) is 25.6 Å². The Kier molecular flexibility index (Phi) is 5.88. The third kappa shape index (κ3) is 3.66. The van der Waals surface area contributed by atoms with Gasteiger partial charge in [0.1, 0.15) is 28.9 Å². The van der Waals surface area contributed by atoms with Crippen LogP contribution in [-0.2, 0) is 15.2 Å². The molecule has 3 aromatic rings. The summed E-state index contributed by atoms with van der Waals surface area (Å²) in [5, 5.41) is 7.18. The molecular formula is C28H26N2O6. The summed E-state index contributed by atoms with van der Waals surface area (Å²) >= 11 is 0. The predicted octanol–water partition coefficient (Wildman–Crippen LogP) is 4.57. The van der Waals surface area contributed by atoms with Crippen LogP contribution in [0.1, 0.15) is 35.3 Å². The number of nitrogens with one attached hydrogen (secondary N) is 1. The van der Waals surface area contributed by atoms with E-state index in [1.807, 2.05) is 19.9 Å². The molecule has 0 aromatic heterocycles. The third-order valence-electron chi connectivity index (χ3n) is 6.34. The Hall–Kier alpha value is -4.33. The van der Waals surface area contributed by atoms with Gasteiger partial charge in [-0.15, -0.1) is 0 Å². The Balaban J connectivity index is 1.64. The molecule has 2 atom stereocenters. The summed E-state index contributed by atoms with van der Waals surface area (Å²) in [5.41, 5.74) is 0.720. The van der Waals surface area contributed by atoms with E-state index in [1.54, 1.807) is 67.8 Å². The zero-order chi connectivity index (χ0) is 25.4. The number of amides is 1. The fourth-order valence-corrected chi connectivity index (χ4v) is 4.71. The number of hydrogen-bond acceptors (Lipinski definition) is 7. The molecule has 0 saturated carbocycles. The van der Waals surface area contributed by atoms with Gasteiger partial charge in [0.15, 0.2) is 5.78 Å². The number of anilines is 1. The van der Waals surface area contributed by atoms with Crippen molar-refractivity contribution in [3.8, 4) is 17.2 Å². The summed E-state index contributed by atoms with van der Waals surface area (Å²) in [6.45, 7) is 3.86. The number of benzene rings is 3. The van der Waals surface area contributed by atoms with Gasteiger partial charge in [-0.1, -0.05) is 23.4 Å². The van der Waals surface area contributed by atoms with Gasteiger partial charge in [-0.05, 0) is 56.3 Å². The van der Waals surface area contributed by atoms with Gasteiger partial charge in [-0.25, -0.2) is 0 Å². The lowest BCUT2D eigenvalue weighted by Gasteiger charge is -2.27. The van der Waals surface area contributed by atoms with Gasteiger partial charge in [0, 0.05) is 28.4 Å². The molecule has 8 nitrogen and oxygen atoms in total. The number of Topliss-reactive ketones (excluding diaryl/α,β-unsaturated/α-hetero) is 1. The van der Waals surface area contributed by atoms with Gasteiger partial charge >= 0.3 is 0 Å². The molecule has 2 heterocycles. The summed E-state index contributed by atoms with van der Waals surface area (Å²) in [4.78, 5) is 33.6. The zero-order valence-corrected chi connectivity index (χ0v) is 20.4. The number of para-hydroxylation sites is 1. The van der Waals surface area contributed by atoms with Crippen molar-refractivity contribution in [2.75, 3.05) is 19.5 Å². The van der Waals surface area contributed by atoms with Crippen molar-refractivity contribution < 1.29 is 28.6 Å². The molecule has 8 heteroatoms. The highest BCUT2D eigenvalue weighted by molar-refractivity contribution is 6.25. The van der Waals surface area contributed by atoms with E-state index >= 15 is 0 Å². The van der Waals surface area contributed by atoms with Gasteiger partial charge in [-0.3, -0.25) is 9.59 Å². The third-order valence-corrected chi connectivity index (χ3v) is 6.34. The Morgan fingerprint density at radius 3 is 2.42 bits per heavy atom. The summed E-state index contributed by atoms with van der Waals surface area (Å²) in [6.07, 6.45) is -0.00184. The van der Waals surface area contributed by atoms with Crippen molar-refractivity contribution in [2.24, 2.45) is 11.1 Å². The second-order valence-electron chi connectivity index (χ2n) is 8.86. The Morgan fingerprint density at radius 2 is 1.72 bits per heavy atom. The number of carbonyl (C=O) groups excluding carboxylic acids is 2. The monoisotopic (exact) mass is 486 g/mol. The first-order valence-corrected chi connectivity index (χ1v) is 11.6. The summed E-state index contributed by atoms with van der Waals surface area (Å²) in [7, 11) is 3.07. The molecule has 3 aromatic carbocycles. The maximum Gasteiger partial charge on any atom is 0.277 e. The van der Waals surface area contributed by atoms with E-state index in [0.29, 0.717) is 45.3 Å². The van der Waals surface area contributed by atoms with E-state index in [0.717, 1.165) is 0 Å². The highest BCUT2D eigenvalue weighted by atomic mass is 16.7. The van der Waals surface area contributed by atoms with Crippen molar-refractivity contribution in [3.63, 3.8) is 0 Å². The number of ketones is 1. The largest absolute Gasteiger partial charge is 0.497 e. The number of rotatable bonds is 7. The van der Waals surface area contributed by atoms with E-state index < -0.39 is 17.4 Å². The lowest BCUT2D eigenvalue weighted by Crippen LogP contribution is -2.46. The molecular weight excluding hydrogens is 460 g/mol. The predicted molar refractivity (Wildman–Crippen MR) is 134 cm³/mol. The molecule has 2 aliphatic rings. The molecule has 1 N–H and O–H groups in total. The first-order valence-electron chi connectivity index (χ1n) is 11.6. The molecule has 2 aliphatic heterocycles. The van der Waals surface area contributed by atoms with Crippen molar-refractivity contribution in [1.82, 2.24) is 0 Å². The highest BCUT2D eigenvalue weighted by Gasteiger charge is 2.63. The minimum Gasteiger partial charge on any atom is -0.497 e. The first-order chi connectivity index (χ1) is 17.4. The molecule has 1 spiro atoms. The lowest BCUT2D eigenvalue weighted by molar-refractivity contribution is -0.140. The average molecular weight is 487 g/mol. The van der Waals surface area contributed by atoms with Crippen LogP contribution in [0.25, 0.3) is 0 Å². The van der Waals surface area contributed by atoms with Crippen molar-refractivity contribution in [1.29, 1.82) is 0 Å². The number of carbonyl (C=O) groups is 2. The first kappa shape index (κ1) is 23.4. The Labute approximate surface area is 208 Å². The normalized spacial score (nSPS) is 20.0. The molecule has 36 heavy (non-hydrogen) atoms. The standard InChI is InChI=1S/C28H26N2O6/c1-16(2)35-18-11-9-17(10-12-18)26(31)24-25(20-14-13-19(33-3)15-23(20)34-4)30-36-28(24)21-7-5-6-8-22(21)29-27(28)32/h5-16,24H,1-4H3,(H,29,32). The van der Waals surface area contributed by atoms with Gasteiger partial charge in [0.25, 0.3) is 11.5 Å². The fourth-order valence-electron chi connectivity index (χ4n) is 4.71. The lowest BCUT2D eigenvalue weighted by atomic mass is 9.74. The smallest absolute Gasteiger partial charge is 0.277 e. The number of oxime groups is 1. The van der Waals surface area contributed by atoms with Crippen LogP contribution in [0.5, 0.6) is 17.2 Å². The van der Waals surface area contributed by atoms with Crippen LogP contribution in [-0.4, -0.2) is 37.7 Å². The van der Waals surface area contributed by atoms with Crippen LogP contribution in [0.15, 0.2) is 71.9 Å². The van der Waals surface area contributed by atoms with Gasteiger partial charge in [0.05, 0.1) is 20.3 Å². The molecule has 0 saturated heterocycles. The maximum absolute atomic E-state index is 14.2. The Bertz CT molecular complexity index is 1360. The second-order valence-corrected chi connectivity index (χ2v) is 8.86. The molecule has 0 bridgehead atoms. The van der Waals surface area contributed by atoms with Crippen molar-refractivity contribution in [3.05, 3.63) is 83.4 Å². The zero-order valence-electron chi connectivity index (χ0n) is 20.4. The molecule has 184 valence electrons. The minimum atomic E-state index is -1.65. The van der Waals surface area contributed by atoms with E-state index in [2.05, 4.69) is 10.5 Å². The summed E-state index contributed by atoms with van der Waals surface area (Å²) in [6, 6.07) is 19.2. The van der Waals surface area contributed by atoms with Crippen LogP contribution in [0.3, 0.4) is 0 Å². The molecule has 2 unspecified atom stereocenters. The van der Waals surface area contributed by atoms with Crippen LogP contribution < -0.4 is 19.5 Å². The summed E-state index contributed by atoms with van der Waals surface area (Å²) in [5.74, 6) is -0.162. The molecule has 5 rings (SSSR count). The van der Waals surface area contributed by atoms with Crippen LogP contribution in [0.4, 0.5) is 5.69 Å². The SMILES string of the molecule is COc1ccc(C2=NOC3(C(=O)Nc4ccccc43)C2C(=O)c2ccc(OC(C)C)cc2)c(OC)c1. The number of nitrogens with zero attached hydrogens (tertiary/aromatic N) is 1. The van der Waals surface area contributed by atoms with E-state index in [4.69, 9.17) is 19.0 Å². The van der Waals surface area contributed by atoms with Crippen LogP contribution >= 0.6 is 0 Å². The second kappa shape index (κ2) is 9.03. The summed E-state index contributed by atoms with van der Waals surface area (Å²) < 4.78 is 16.6. The molecule has 0 fully saturated rings. The van der Waals surface area contributed by atoms with Crippen molar-refractivity contribution >= 4 is 23.1 Å². The van der Waals surface area contributed by atoms with E-state index in [9.17, 15) is 9.59 Å². The number of hydrogen-bond donors (Lipinski definition) is 1. The Morgan fingerprint density at radius 1 is 1.00 bits per heavy atom. The minimum absolute atomic E-state index is 0.00184. The van der Waals surface area contributed by atoms with E-state index in [-0.39, 0.29) is 11.9 Å². The van der Waals surface area contributed by atoms with Crippen LogP contribution in [0, 0.1) is 5.92 Å². The van der Waals surface area contributed by atoms with Gasteiger partial charge in [0.2, 0.25) is 0 Å². The average Bonchev–Trinajstić information content (AvgIpc) is 3.42. The number of fused-ring (bicyclic) bond motifs is 2. The maximum atomic E-state index is 14.2. The molecule has 1 amide bonds. The highest BCUT2D eigenvalue weighted by Crippen LogP contribution is 2.50. The quantitative estimate of drug-likeness (QED) is 0.492. The van der Waals surface area contributed by atoms with Gasteiger partial charge in [-0.2, -0.15) is 0 Å². The fraction of sp³-hybridized carbons (Fsp3) is 0.250. The number of ether oxygens (including phenoxy) is 3. The van der Waals surface area contributed by atoms with E-state index in [1.165, 1.54) is 7.11 Å². The molecule has 0 aliphatic carbocycles. The van der Waals surface area contributed by atoms with Crippen LogP contribution in [0.2, 0.25) is 0 Å².